The zero-order chi connectivity index (χ0) is 15.5. The number of rotatable bonds is 3. The molecule has 0 radical (unpaired) electrons. The number of hydrogen-bond donors (Lipinski definition) is 2. The third-order valence-corrected chi connectivity index (χ3v) is 3.56. The van der Waals surface area contributed by atoms with Crippen molar-refractivity contribution in [3.05, 3.63) is 40.7 Å². The number of pyridine rings is 1. The van der Waals surface area contributed by atoms with Crippen molar-refractivity contribution < 1.29 is 9.59 Å². The van der Waals surface area contributed by atoms with E-state index in [1.807, 2.05) is 32.2 Å². The largest absolute Gasteiger partial charge is 0.324 e. The molecule has 2 heterocycles. The van der Waals surface area contributed by atoms with Crippen LogP contribution in [0.4, 0.5) is 11.5 Å². The number of anilines is 2. The molecule has 0 saturated heterocycles. The van der Waals surface area contributed by atoms with Crippen LogP contribution in [0.15, 0.2) is 35.8 Å². The fourth-order valence-corrected chi connectivity index (χ4v) is 2.06. The van der Waals surface area contributed by atoms with Gasteiger partial charge in [0.25, 0.3) is 5.91 Å². The van der Waals surface area contributed by atoms with Gasteiger partial charge in [0, 0.05) is 5.41 Å². The maximum Gasteiger partial charge on any atom is 0.266 e. The monoisotopic (exact) mass is 303 g/mol. The number of carbonyl (C=O) groups excluding carboxylic acids is 2. The van der Waals surface area contributed by atoms with Crippen LogP contribution in [-0.4, -0.2) is 16.8 Å². The zero-order valence-corrected chi connectivity index (χ0v) is 13.0. The van der Waals surface area contributed by atoms with Crippen molar-refractivity contribution in [2.24, 2.45) is 5.41 Å². The maximum absolute atomic E-state index is 11.9. The van der Waals surface area contributed by atoms with E-state index in [-0.39, 0.29) is 11.8 Å². The quantitative estimate of drug-likeness (QED) is 0.913. The van der Waals surface area contributed by atoms with E-state index in [0.717, 1.165) is 0 Å². The summed E-state index contributed by atoms with van der Waals surface area (Å²) in [5.41, 5.74) is 0.135. The van der Waals surface area contributed by atoms with E-state index in [4.69, 9.17) is 0 Å². The van der Waals surface area contributed by atoms with E-state index in [9.17, 15) is 9.59 Å². The molecule has 0 saturated carbocycles. The fourth-order valence-electron chi connectivity index (χ4n) is 1.45. The molecular weight excluding hydrogens is 286 g/mol. The summed E-state index contributed by atoms with van der Waals surface area (Å²) in [6.45, 7) is 5.52. The molecule has 21 heavy (non-hydrogen) atoms. The first-order valence-corrected chi connectivity index (χ1v) is 7.36. The van der Waals surface area contributed by atoms with Gasteiger partial charge in [-0.25, -0.2) is 4.98 Å². The molecular formula is C15H17N3O2S. The van der Waals surface area contributed by atoms with Crippen molar-refractivity contribution >= 4 is 34.7 Å². The minimum absolute atomic E-state index is 0.0836. The van der Waals surface area contributed by atoms with Crippen molar-refractivity contribution in [3.63, 3.8) is 0 Å². The molecule has 0 fully saturated rings. The summed E-state index contributed by atoms with van der Waals surface area (Å²) >= 11 is 1.37. The minimum atomic E-state index is -0.466. The van der Waals surface area contributed by atoms with Crippen LogP contribution in [-0.2, 0) is 4.79 Å². The summed E-state index contributed by atoms with van der Waals surface area (Å²) in [5, 5.41) is 7.32. The molecule has 110 valence electrons. The molecule has 0 spiro atoms. The highest BCUT2D eigenvalue weighted by Crippen LogP contribution is 2.18. The zero-order valence-electron chi connectivity index (χ0n) is 12.1. The van der Waals surface area contributed by atoms with Gasteiger partial charge in [0.05, 0.1) is 16.8 Å². The molecule has 0 aliphatic heterocycles. The third kappa shape index (κ3) is 4.13. The second-order valence-electron chi connectivity index (χ2n) is 5.57. The summed E-state index contributed by atoms with van der Waals surface area (Å²) in [4.78, 5) is 28.5. The standard InChI is InChI=1S/C15H17N3O2S/c1-15(2,3)14(20)17-10-6-7-12(16-9-10)18-13(19)11-5-4-8-21-11/h4-9H,1-3H3,(H,17,20)(H,16,18,19). The fraction of sp³-hybridized carbons (Fsp3) is 0.267. The van der Waals surface area contributed by atoms with Gasteiger partial charge in [-0.2, -0.15) is 0 Å². The highest BCUT2D eigenvalue weighted by atomic mass is 32.1. The van der Waals surface area contributed by atoms with E-state index in [1.165, 1.54) is 17.5 Å². The first-order chi connectivity index (χ1) is 9.86. The first-order valence-electron chi connectivity index (χ1n) is 6.48. The summed E-state index contributed by atoms with van der Waals surface area (Å²) in [7, 11) is 0. The predicted molar refractivity (Wildman–Crippen MR) is 84.6 cm³/mol. The Kier molecular flexibility index (Phi) is 4.37. The minimum Gasteiger partial charge on any atom is -0.324 e. The van der Waals surface area contributed by atoms with Crippen molar-refractivity contribution in [2.45, 2.75) is 20.8 Å². The first kappa shape index (κ1) is 15.2. The molecule has 0 aliphatic rings. The van der Waals surface area contributed by atoms with Gasteiger partial charge in [0.1, 0.15) is 5.82 Å². The normalized spacial score (nSPS) is 11.0. The second kappa shape index (κ2) is 6.05. The van der Waals surface area contributed by atoms with Crippen LogP contribution in [0.1, 0.15) is 30.4 Å². The Morgan fingerprint density at radius 2 is 1.90 bits per heavy atom. The van der Waals surface area contributed by atoms with Gasteiger partial charge in [0.15, 0.2) is 0 Å². The number of hydrogen-bond acceptors (Lipinski definition) is 4. The van der Waals surface area contributed by atoms with Crippen LogP contribution in [0.5, 0.6) is 0 Å². The van der Waals surface area contributed by atoms with Crippen molar-refractivity contribution in [1.82, 2.24) is 4.98 Å². The molecule has 0 aromatic carbocycles. The van der Waals surface area contributed by atoms with E-state index >= 15 is 0 Å². The number of carbonyl (C=O) groups is 2. The lowest BCUT2D eigenvalue weighted by Gasteiger charge is -2.17. The van der Waals surface area contributed by atoms with E-state index in [2.05, 4.69) is 15.6 Å². The average Bonchev–Trinajstić information content (AvgIpc) is 2.94. The molecule has 2 aromatic heterocycles. The summed E-state index contributed by atoms with van der Waals surface area (Å²) in [5.74, 6) is 0.172. The Hall–Kier alpha value is -2.21. The van der Waals surface area contributed by atoms with E-state index < -0.39 is 5.41 Å². The third-order valence-electron chi connectivity index (χ3n) is 2.69. The average molecular weight is 303 g/mol. The van der Waals surface area contributed by atoms with E-state index in [0.29, 0.717) is 16.4 Å². The van der Waals surface area contributed by atoms with Gasteiger partial charge in [-0.1, -0.05) is 26.8 Å². The smallest absolute Gasteiger partial charge is 0.266 e. The molecule has 2 aromatic rings. The molecule has 0 bridgehead atoms. The van der Waals surface area contributed by atoms with Crippen LogP contribution >= 0.6 is 11.3 Å². The number of aromatic nitrogens is 1. The van der Waals surface area contributed by atoms with E-state index in [1.54, 1.807) is 18.2 Å². The van der Waals surface area contributed by atoms with Gasteiger partial charge in [-0.3, -0.25) is 9.59 Å². The van der Waals surface area contributed by atoms with Gasteiger partial charge >= 0.3 is 0 Å². The Morgan fingerprint density at radius 3 is 2.43 bits per heavy atom. The summed E-state index contributed by atoms with van der Waals surface area (Å²) in [6, 6.07) is 6.93. The molecule has 5 nitrogen and oxygen atoms in total. The lowest BCUT2D eigenvalue weighted by Crippen LogP contribution is -2.27. The highest BCUT2D eigenvalue weighted by molar-refractivity contribution is 7.12. The number of nitrogens with one attached hydrogen (secondary N) is 2. The van der Waals surface area contributed by atoms with Gasteiger partial charge in [-0.15, -0.1) is 11.3 Å². The molecule has 2 rings (SSSR count). The second-order valence-corrected chi connectivity index (χ2v) is 6.52. The van der Waals surface area contributed by atoms with Gasteiger partial charge < -0.3 is 10.6 Å². The van der Waals surface area contributed by atoms with Crippen molar-refractivity contribution in [3.8, 4) is 0 Å². The van der Waals surface area contributed by atoms with Crippen LogP contribution < -0.4 is 10.6 Å². The Morgan fingerprint density at radius 1 is 1.14 bits per heavy atom. The van der Waals surface area contributed by atoms with Crippen LogP contribution in [0.3, 0.4) is 0 Å². The summed E-state index contributed by atoms with van der Waals surface area (Å²) < 4.78 is 0. The lowest BCUT2D eigenvalue weighted by molar-refractivity contribution is -0.123. The number of nitrogens with zero attached hydrogens (tertiary/aromatic N) is 1. The molecule has 0 atom stereocenters. The summed E-state index contributed by atoms with van der Waals surface area (Å²) in [6.07, 6.45) is 1.52. The number of thiophene rings is 1. The lowest BCUT2D eigenvalue weighted by atomic mass is 9.96. The Balaban J connectivity index is 1.99. The molecule has 6 heteroatoms. The van der Waals surface area contributed by atoms with Crippen molar-refractivity contribution in [1.29, 1.82) is 0 Å². The SMILES string of the molecule is CC(C)(C)C(=O)Nc1ccc(NC(=O)c2cccs2)nc1. The van der Waals surface area contributed by atoms with Gasteiger partial charge in [-0.05, 0) is 23.6 Å². The van der Waals surface area contributed by atoms with Crippen LogP contribution in [0.2, 0.25) is 0 Å². The van der Waals surface area contributed by atoms with Gasteiger partial charge in [0.2, 0.25) is 5.91 Å². The molecule has 0 aliphatic carbocycles. The molecule has 2 N–H and O–H groups in total. The molecule has 2 amide bonds. The topological polar surface area (TPSA) is 71.1 Å². The maximum atomic E-state index is 11.9. The number of amides is 2. The van der Waals surface area contributed by atoms with Crippen LogP contribution in [0.25, 0.3) is 0 Å². The highest BCUT2D eigenvalue weighted by Gasteiger charge is 2.21. The Labute approximate surface area is 127 Å². The molecule has 0 unspecified atom stereocenters. The predicted octanol–water partition coefficient (Wildman–Crippen LogP) is 3.38. The van der Waals surface area contributed by atoms with Crippen molar-refractivity contribution in [2.75, 3.05) is 10.6 Å². The van der Waals surface area contributed by atoms with Crippen LogP contribution in [0, 0.1) is 5.41 Å². The Bertz CT molecular complexity index is 628.